The van der Waals surface area contributed by atoms with Crippen molar-refractivity contribution in [2.45, 2.75) is 6.92 Å². The average Bonchev–Trinajstić information content (AvgIpc) is 2.30. The maximum absolute atomic E-state index is 4.02. The highest BCUT2D eigenvalue weighted by atomic mass is 79.9. The van der Waals surface area contributed by atoms with Crippen LogP contribution in [-0.2, 0) is 0 Å². The second-order valence-corrected chi connectivity index (χ2v) is 4.69. The number of aryl methyl sites for hydroxylation is 1. The fourth-order valence-corrected chi connectivity index (χ4v) is 1.99. The van der Waals surface area contributed by atoms with E-state index in [1.165, 1.54) is 0 Å². The third-order valence-electron chi connectivity index (χ3n) is 2.27. The topological polar surface area (TPSA) is 54.8 Å². The normalized spacial score (nSPS) is 10.4. The van der Waals surface area contributed by atoms with E-state index in [0.717, 1.165) is 15.7 Å². The van der Waals surface area contributed by atoms with Crippen LogP contribution in [0.25, 0.3) is 11.4 Å². The molecule has 2 rings (SSSR count). The Morgan fingerprint density at radius 3 is 2.29 bits per heavy atom. The molecule has 0 atom stereocenters. The lowest BCUT2D eigenvalue weighted by Crippen LogP contribution is -2.09. The third-order valence-corrected chi connectivity index (χ3v) is 2.94. The number of hydrogen-bond donors (Lipinski definition) is 0. The Balaban J connectivity index is 2.46. The Morgan fingerprint density at radius 2 is 1.71 bits per heavy atom. The van der Waals surface area contributed by atoms with Crippen LogP contribution in [-0.4, -0.2) is 34.5 Å². The van der Waals surface area contributed by atoms with Gasteiger partial charge in [-0.25, -0.2) is 0 Å². The first kappa shape index (κ1) is 11.9. The summed E-state index contributed by atoms with van der Waals surface area (Å²) in [7, 11) is 3.97. The van der Waals surface area contributed by atoms with Gasteiger partial charge in [0, 0.05) is 24.1 Å². The van der Waals surface area contributed by atoms with E-state index in [-0.39, 0.29) is 0 Å². The summed E-state index contributed by atoms with van der Waals surface area (Å²) in [5, 5.41) is 15.8. The van der Waals surface area contributed by atoms with Crippen LogP contribution >= 0.6 is 15.9 Å². The number of aromatic nitrogens is 4. The van der Waals surface area contributed by atoms with Crippen molar-refractivity contribution in [1.82, 2.24) is 20.4 Å². The molecule has 2 aromatic rings. The van der Waals surface area contributed by atoms with Gasteiger partial charge in [-0.1, -0.05) is 0 Å². The molecule has 1 aromatic heterocycles. The summed E-state index contributed by atoms with van der Waals surface area (Å²) >= 11 is 3.50. The Hall–Kier alpha value is -1.56. The first-order valence-corrected chi connectivity index (χ1v) is 5.88. The van der Waals surface area contributed by atoms with E-state index in [4.69, 9.17) is 0 Å². The molecular formula is C11H12BrN5. The van der Waals surface area contributed by atoms with Crippen LogP contribution < -0.4 is 4.90 Å². The van der Waals surface area contributed by atoms with E-state index in [1.807, 2.05) is 37.2 Å². The molecule has 0 saturated heterocycles. The van der Waals surface area contributed by atoms with Crippen LogP contribution in [0.1, 0.15) is 5.82 Å². The molecule has 0 aliphatic carbocycles. The largest absolute Gasteiger partial charge is 0.377 e. The lowest BCUT2D eigenvalue weighted by molar-refractivity contribution is 0.816. The van der Waals surface area contributed by atoms with E-state index in [0.29, 0.717) is 11.6 Å². The highest BCUT2D eigenvalue weighted by Crippen LogP contribution is 2.28. The second-order valence-electron chi connectivity index (χ2n) is 3.83. The van der Waals surface area contributed by atoms with Gasteiger partial charge in [0.1, 0.15) is 0 Å². The van der Waals surface area contributed by atoms with Gasteiger partial charge >= 0.3 is 0 Å². The summed E-state index contributed by atoms with van der Waals surface area (Å²) in [4.78, 5) is 2.02. The van der Waals surface area contributed by atoms with Gasteiger partial charge in [-0.3, -0.25) is 0 Å². The van der Waals surface area contributed by atoms with Gasteiger partial charge in [0.2, 0.25) is 5.82 Å². The lowest BCUT2D eigenvalue weighted by Gasteiger charge is -2.15. The standard InChI is InChI=1S/C11H12BrN5/c1-7-13-15-11(16-14-7)8-4-5-9(12)10(6-8)17(2)3/h4-6H,1-3H3. The lowest BCUT2D eigenvalue weighted by atomic mass is 10.2. The molecule has 0 saturated carbocycles. The predicted octanol–water partition coefficient (Wildman–Crippen LogP) is 2.07. The first-order valence-electron chi connectivity index (χ1n) is 5.09. The van der Waals surface area contributed by atoms with Gasteiger partial charge in [-0.2, -0.15) is 0 Å². The molecule has 6 heteroatoms. The van der Waals surface area contributed by atoms with Crippen LogP contribution in [0.3, 0.4) is 0 Å². The minimum Gasteiger partial charge on any atom is -0.377 e. The number of halogens is 1. The molecule has 0 amide bonds. The summed E-state index contributed by atoms with van der Waals surface area (Å²) in [6.45, 7) is 1.76. The fourth-order valence-electron chi connectivity index (χ4n) is 1.39. The zero-order valence-corrected chi connectivity index (χ0v) is 11.4. The van der Waals surface area contributed by atoms with Gasteiger partial charge in [0.15, 0.2) is 5.82 Å². The molecule has 0 spiro atoms. The zero-order valence-electron chi connectivity index (χ0n) is 9.85. The molecule has 88 valence electrons. The molecule has 0 bridgehead atoms. The molecule has 0 aliphatic rings. The Kier molecular flexibility index (Phi) is 3.33. The van der Waals surface area contributed by atoms with Gasteiger partial charge in [-0.05, 0) is 41.1 Å². The van der Waals surface area contributed by atoms with E-state index < -0.39 is 0 Å². The third kappa shape index (κ3) is 2.58. The number of rotatable bonds is 2. The number of hydrogen-bond acceptors (Lipinski definition) is 5. The summed E-state index contributed by atoms with van der Waals surface area (Å²) in [5.41, 5.74) is 1.96. The molecule has 0 fully saturated rings. The SMILES string of the molecule is Cc1nnc(-c2ccc(Br)c(N(C)C)c2)nn1. The summed E-state index contributed by atoms with van der Waals surface area (Å²) in [6, 6.07) is 5.90. The predicted molar refractivity (Wildman–Crippen MR) is 69.8 cm³/mol. The zero-order chi connectivity index (χ0) is 12.4. The Bertz CT molecular complexity index is 524. The first-order chi connectivity index (χ1) is 8.08. The van der Waals surface area contributed by atoms with Crippen molar-refractivity contribution in [1.29, 1.82) is 0 Å². The number of anilines is 1. The molecule has 0 N–H and O–H groups in total. The number of benzene rings is 1. The summed E-state index contributed by atoms with van der Waals surface area (Å²) in [6.07, 6.45) is 0. The molecule has 1 aromatic carbocycles. The molecule has 0 aliphatic heterocycles. The highest BCUT2D eigenvalue weighted by molar-refractivity contribution is 9.10. The van der Waals surface area contributed by atoms with Gasteiger partial charge in [-0.15, -0.1) is 20.4 Å². The minimum absolute atomic E-state index is 0.534. The molecule has 5 nitrogen and oxygen atoms in total. The van der Waals surface area contributed by atoms with Gasteiger partial charge in [0.05, 0.1) is 5.69 Å². The Morgan fingerprint density at radius 1 is 1.06 bits per heavy atom. The highest BCUT2D eigenvalue weighted by Gasteiger charge is 2.08. The molecular weight excluding hydrogens is 282 g/mol. The molecule has 0 unspecified atom stereocenters. The van der Waals surface area contributed by atoms with Crippen molar-refractivity contribution in [3.8, 4) is 11.4 Å². The smallest absolute Gasteiger partial charge is 0.203 e. The monoisotopic (exact) mass is 293 g/mol. The van der Waals surface area contributed by atoms with Crippen LogP contribution in [0, 0.1) is 6.92 Å². The van der Waals surface area contributed by atoms with Crippen molar-refractivity contribution in [3.05, 3.63) is 28.5 Å². The van der Waals surface area contributed by atoms with E-state index in [2.05, 4.69) is 36.3 Å². The van der Waals surface area contributed by atoms with Crippen LogP contribution in [0.5, 0.6) is 0 Å². The van der Waals surface area contributed by atoms with Crippen molar-refractivity contribution < 1.29 is 0 Å². The fraction of sp³-hybridized carbons (Fsp3) is 0.273. The molecule has 1 heterocycles. The van der Waals surface area contributed by atoms with Crippen molar-refractivity contribution >= 4 is 21.6 Å². The second kappa shape index (κ2) is 4.75. The van der Waals surface area contributed by atoms with Crippen LogP contribution in [0.2, 0.25) is 0 Å². The quantitative estimate of drug-likeness (QED) is 0.848. The van der Waals surface area contributed by atoms with Crippen molar-refractivity contribution in [3.63, 3.8) is 0 Å². The minimum atomic E-state index is 0.534. The van der Waals surface area contributed by atoms with Crippen LogP contribution in [0.15, 0.2) is 22.7 Å². The van der Waals surface area contributed by atoms with E-state index in [9.17, 15) is 0 Å². The molecule has 17 heavy (non-hydrogen) atoms. The van der Waals surface area contributed by atoms with E-state index in [1.54, 1.807) is 6.92 Å². The van der Waals surface area contributed by atoms with Crippen molar-refractivity contribution in [2.75, 3.05) is 19.0 Å². The molecule has 0 radical (unpaired) electrons. The average molecular weight is 294 g/mol. The maximum atomic E-state index is 4.02. The summed E-state index contributed by atoms with van der Waals surface area (Å²) in [5.74, 6) is 1.10. The number of nitrogens with zero attached hydrogens (tertiary/aromatic N) is 5. The van der Waals surface area contributed by atoms with E-state index >= 15 is 0 Å². The summed E-state index contributed by atoms with van der Waals surface area (Å²) < 4.78 is 1.03. The maximum Gasteiger partial charge on any atom is 0.203 e. The Labute approximate surface area is 108 Å². The van der Waals surface area contributed by atoms with Gasteiger partial charge < -0.3 is 4.90 Å². The van der Waals surface area contributed by atoms with Crippen LogP contribution in [0.4, 0.5) is 5.69 Å². The van der Waals surface area contributed by atoms with Gasteiger partial charge in [0.25, 0.3) is 0 Å². The van der Waals surface area contributed by atoms with Crippen molar-refractivity contribution in [2.24, 2.45) is 0 Å².